The number of rotatable bonds is 6. The van der Waals surface area contributed by atoms with Crippen molar-refractivity contribution in [1.29, 1.82) is 0 Å². The maximum absolute atomic E-state index is 5.94. The first kappa shape index (κ1) is 16.9. The van der Waals surface area contributed by atoms with E-state index in [2.05, 4.69) is 44.8 Å². The number of ether oxygens (including phenoxy) is 1. The lowest BCUT2D eigenvalue weighted by Crippen LogP contribution is -2.42. The Labute approximate surface area is 132 Å². The highest BCUT2D eigenvalue weighted by atomic mass is 32.1. The highest BCUT2D eigenvalue weighted by Gasteiger charge is 2.26. The second-order valence-electron chi connectivity index (χ2n) is 6.53. The van der Waals surface area contributed by atoms with Crippen molar-refractivity contribution in [1.82, 2.24) is 15.2 Å². The van der Waals surface area contributed by atoms with E-state index in [0.717, 1.165) is 43.5 Å². The molecule has 0 radical (unpaired) electrons. The third-order valence-corrected chi connectivity index (χ3v) is 5.10. The fraction of sp³-hybridized carbons (Fsp3) is 0.812. The highest BCUT2D eigenvalue weighted by molar-refractivity contribution is 7.11. The SMILES string of the molecule is Cc1nc(C2CN(C(C)C)CCO2)sc1CNCC(C)C. The Morgan fingerprint density at radius 2 is 2.14 bits per heavy atom. The van der Waals surface area contributed by atoms with E-state index >= 15 is 0 Å². The van der Waals surface area contributed by atoms with Gasteiger partial charge < -0.3 is 10.1 Å². The fourth-order valence-corrected chi connectivity index (χ4v) is 3.59. The van der Waals surface area contributed by atoms with Crippen molar-refractivity contribution in [2.24, 2.45) is 5.92 Å². The fourth-order valence-electron chi connectivity index (χ4n) is 2.51. The zero-order valence-electron chi connectivity index (χ0n) is 14.0. The van der Waals surface area contributed by atoms with E-state index in [9.17, 15) is 0 Å². The molecule has 2 rings (SSSR count). The number of hydrogen-bond acceptors (Lipinski definition) is 5. The van der Waals surface area contributed by atoms with Crippen LogP contribution < -0.4 is 5.32 Å². The van der Waals surface area contributed by atoms with Crippen LogP contribution in [0.3, 0.4) is 0 Å². The molecule has 0 aromatic carbocycles. The van der Waals surface area contributed by atoms with Crippen molar-refractivity contribution < 1.29 is 4.74 Å². The van der Waals surface area contributed by atoms with Crippen LogP contribution in [-0.2, 0) is 11.3 Å². The largest absolute Gasteiger partial charge is 0.368 e. The molecule has 1 aromatic rings. The Morgan fingerprint density at radius 1 is 1.38 bits per heavy atom. The van der Waals surface area contributed by atoms with Crippen LogP contribution in [0.25, 0.3) is 0 Å². The average Bonchev–Trinajstić information content (AvgIpc) is 2.80. The smallest absolute Gasteiger partial charge is 0.123 e. The van der Waals surface area contributed by atoms with E-state index in [0.29, 0.717) is 12.0 Å². The Hall–Kier alpha value is -0.490. The maximum atomic E-state index is 5.94. The molecule has 1 aromatic heterocycles. The Morgan fingerprint density at radius 3 is 2.81 bits per heavy atom. The molecule has 1 saturated heterocycles. The molecule has 0 amide bonds. The Balaban J connectivity index is 1.97. The van der Waals surface area contributed by atoms with Crippen molar-refractivity contribution in [2.45, 2.75) is 53.3 Å². The number of thiazole rings is 1. The molecular formula is C16H29N3OS. The summed E-state index contributed by atoms with van der Waals surface area (Å²) in [7, 11) is 0. The summed E-state index contributed by atoms with van der Waals surface area (Å²) in [4.78, 5) is 8.57. The van der Waals surface area contributed by atoms with Gasteiger partial charge in [0.2, 0.25) is 0 Å². The van der Waals surface area contributed by atoms with E-state index < -0.39 is 0 Å². The monoisotopic (exact) mass is 311 g/mol. The summed E-state index contributed by atoms with van der Waals surface area (Å²) in [6.45, 7) is 15.8. The molecule has 1 atom stereocenters. The summed E-state index contributed by atoms with van der Waals surface area (Å²) < 4.78 is 5.94. The first-order valence-corrected chi connectivity index (χ1v) is 8.81. The summed E-state index contributed by atoms with van der Waals surface area (Å²) in [5.41, 5.74) is 1.15. The molecule has 120 valence electrons. The van der Waals surface area contributed by atoms with Gasteiger partial charge in [0.15, 0.2) is 0 Å². The van der Waals surface area contributed by atoms with Crippen molar-refractivity contribution in [3.8, 4) is 0 Å². The highest BCUT2D eigenvalue weighted by Crippen LogP contribution is 2.29. The zero-order chi connectivity index (χ0) is 15.4. The summed E-state index contributed by atoms with van der Waals surface area (Å²) in [5.74, 6) is 0.680. The number of aromatic nitrogens is 1. The molecule has 2 heterocycles. The lowest BCUT2D eigenvalue weighted by Gasteiger charge is -2.34. The first-order valence-electron chi connectivity index (χ1n) is 8.00. The molecule has 0 bridgehead atoms. The minimum atomic E-state index is 0.142. The Kier molecular flexibility index (Phi) is 6.17. The molecule has 1 aliphatic heterocycles. The van der Waals surface area contributed by atoms with Crippen LogP contribution in [-0.4, -0.2) is 42.2 Å². The number of morpholine rings is 1. The maximum Gasteiger partial charge on any atom is 0.123 e. The van der Waals surface area contributed by atoms with Gasteiger partial charge in [0.25, 0.3) is 0 Å². The van der Waals surface area contributed by atoms with Crippen molar-refractivity contribution in [2.75, 3.05) is 26.2 Å². The predicted octanol–water partition coefficient (Wildman–Crippen LogP) is 2.98. The lowest BCUT2D eigenvalue weighted by atomic mass is 10.2. The molecule has 0 spiro atoms. The van der Waals surface area contributed by atoms with Gasteiger partial charge in [0, 0.05) is 30.6 Å². The third-order valence-electron chi connectivity index (χ3n) is 3.85. The van der Waals surface area contributed by atoms with Gasteiger partial charge in [0.05, 0.1) is 12.3 Å². The van der Waals surface area contributed by atoms with Crippen LogP contribution in [0, 0.1) is 12.8 Å². The topological polar surface area (TPSA) is 37.4 Å². The minimum absolute atomic E-state index is 0.142. The van der Waals surface area contributed by atoms with Gasteiger partial charge in [-0.2, -0.15) is 0 Å². The van der Waals surface area contributed by atoms with Crippen molar-refractivity contribution >= 4 is 11.3 Å². The normalized spacial score (nSPS) is 20.6. The molecule has 1 fully saturated rings. The summed E-state index contributed by atoms with van der Waals surface area (Å²) >= 11 is 1.81. The third kappa shape index (κ3) is 4.74. The van der Waals surface area contributed by atoms with Gasteiger partial charge in [-0.15, -0.1) is 11.3 Å². The lowest BCUT2D eigenvalue weighted by molar-refractivity contribution is -0.0403. The molecule has 0 aliphatic carbocycles. The van der Waals surface area contributed by atoms with E-state index in [-0.39, 0.29) is 6.10 Å². The zero-order valence-corrected chi connectivity index (χ0v) is 14.8. The van der Waals surface area contributed by atoms with Crippen LogP contribution >= 0.6 is 11.3 Å². The van der Waals surface area contributed by atoms with E-state index in [1.54, 1.807) is 11.3 Å². The van der Waals surface area contributed by atoms with Crippen molar-refractivity contribution in [3.63, 3.8) is 0 Å². The van der Waals surface area contributed by atoms with Gasteiger partial charge >= 0.3 is 0 Å². The van der Waals surface area contributed by atoms with Gasteiger partial charge in [-0.05, 0) is 33.2 Å². The predicted molar refractivity (Wildman–Crippen MR) is 88.8 cm³/mol. The molecule has 1 unspecified atom stereocenters. The van der Waals surface area contributed by atoms with Gasteiger partial charge in [-0.3, -0.25) is 4.90 Å². The molecule has 21 heavy (non-hydrogen) atoms. The number of nitrogens with zero attached hydrogens (tertiary/aromatic N) is 2. The second kappa shape index (κ2) is 7.68. The first-order chi connectivity index (χ1) is 9.97. The van der Waals surface area contributed by atoms with Crippen LogP contribution in [0.1, 0.15) is 49.4 Å². The Bertz CT molecular complexity index is 445. The van der Waals surface area contributed by atoms with E-state index in [1.807, 2.05) is 0 Å². The summed E-state index contributed by atoms with van der Waals surface area (Å²) in [6, 6.07) is 0.574. The van der Waals surface area contributed by atoms with Crippen molar-refractivity contribution in [3.05, 3.63) is 15.6 Å². The molecule has 1 N–H and O–H groups in total. The molecule has 0 saturated carbocycles. The van der Waals surface area contributed by atoms with Crippen LogP contribution in [0.15, 0.2) is 0 Å². The molecule has 4 nitrogen and oxygen atoms in total. The van der Waals surface area contributed by atoms with Gasteiger partial charge in [-0.25, -0.2) is 4.98 Å². The molecule has 1 aliphatic rings. The second-order valence-corrected chi connectivity index (χ2v) is 7.65. The minimum Gasteiger partial charge on any atom is -0.368 e. The standard InChI is InChI=1S/C16H29N3OS/c1-11(2)8-17-9-15-13(5)18-16(21-15)14-10-19(12(3)4)6-7-20-14/h11-12,14,17H,6-10H2,1-5H3. The van der Waals surface area contributed by atoms with Crippen LogP contribution in [0.4, 0.5) is 0 Å². The van der Waals surface area contributed by atoms with Gasteiger partial charge in [-0.1, -0.05) is 13.8 Å². The number of aryl methyl sites for hydroxylation is 1. The average molecular weight is 311 g/mol. The van der Waals surface area contributed by atoms with Gasteiger partial charge in [0.1, 0.15) is 11.1 Å². The quantitative estimate of drug-likeness (QED) is 0.876. The van der Waals surface area contributed by atoms with Crippen LogP contribution in [0.2, 0.25) is 0 Å². The summed E-state index contributed by atoms with van der Waals surface area (Å²) in [5, 5.41) is 4.64. The number of hydrogen-bond donors (Lipinski definition) is 1. The number of nitrogens with one attached hydrogen (secondary N) is 1. The van der Waals surface area contributed by atoms with E-state index in [4.69, 9.17) is 9.72 Å². The molecule has 5 heteroatoms. The van der Waals surface area contributed by atoms with E-state index in [1.165, 1.54) is 4.88 Å². The summed E-state index contributed by atoms with van der Waals surface area (Å²) in [6.07, 6.45) is 0.142. The molecular weight excluding hydrogens is 282 g/mol. The van der Waals surface area contributed by atoms with Crippen LogP contribution in [0.5, 0.6) is 0 Å².